The molecule has 0 aliphatic carbocycles. The molecule has 0 heterocycles. The van der Waals surface area contributed by atoms with Gasteiger partial charge in [-0.3, -0.25) is 0 Å². The summed E-state index contributed by atoms with van der Waals surface area (Å²) >= 11 is 0. The van der Waals surface area contributed by atoms with Crippen LogP contribution in [0, 0.1) is 51.0 Å². The van der Waals surface area contributed by atoms with Gasteiger partial charge in [-0.2, -0.15) is 0 Å². The van der Waals surface area contributed by atoms with Crippen molar-refractivity contribution in [3.05, 3.63) is 84.1 Å². The molecule has 0 fully saturated rings. The third-order valence-corrected chi connectivity index (χ3v) is 4.32. The maximum atomic E-state index is 8.46. The van der Waals surface area contributed by atoms with Gasteiger partial charge in [0.2, 0.25) is 0 Å². The predicted molar refractivity (Wildman–Crippen MR) is 95.6 cm³/mol. The van der Waals surface area contributed by atoms with Crippen LogP contribution in [-0.4, -0.2) is 0 Å². The molecule has 0 saturated heterocycles. The zero-order chi connectivity index (χ0) is 15.1. The molecule has 1 N–H and O–H groups in total. The first-order valence-corrected chi connectivity index (χ1v) is 7.48. The van der Waals surface area contributed by atoms with Crippen LogP contribution in [0.3, 0.4) is 0 Å². The summed E-state index contributed by atoms with van der Waals surface area (Å²) in [5.41, 5.74) is 12.5. The topological polar surface area (TPSA) is 23.8 Å². The third-order valence-electron chi connectivity index (χ3n) is 4.32. The second kappa shape index (κ2) is 6.64. The standard InChI is InChI=1S/C21H16N.Ac/c1-14-10-11-15-6-2-4-8-17(15)20(14)21-18-9-5-3-7-16(18)12-13-19(21)22;/h2-13,22H,1H3;/q-1;. The summed E-state index contributed by atoms with van der Waals surface area (Å²) in [4.78, 5) is 0. The first-order chi connectivity index (χ1) is 10.8. The minimum Gasteiger partial charge on any atom is -0.698 e. The molecule has 109 valence electrons. The zero-order valence-corrected chi connectivity index (χ0v) is 17.8. The molecular formula is C21H16AcN-. The van der Waals surface area contributed by atoms with E-state index in [1.807, 2.05) is 24.3 Å². The number of hydrogen-bond donors (Lipinski definition) is 0. The zero-order valence-electron chi connectivity index (χ0n) is 13.0. The number of rotatable bonds is 1. The van der Waals surface area contributed by atoms with E-state index < -0.39 is 0 Å². The molecule has 1 nitrogen and oxygen atoms in total. The average molecular weight is 509 g/mol. The first kappa shape index (κ1) is 16.5. The van der Waals surface area contributed by atoms with E-state index in [1.165, 1.54) is 27.3 Å². The Hall–Kier alpha value is -1.36. The molecule has 4 rings (SSSR count). The maximum Gasteiger partial charge on any atom is 0 e. The van der Waals surface area contributed by atoms with Gasteiger partial charge in [0.25, 0.3) is 0 Å². The SMILES string of the molecule is Cc1ccc2ccccc2c1-c1c([NH-])ccc2ccccc12.[Ac]. The van der Waals surface area contributed by atoms with Crippen molar-refractivity contribution in [3.8, 4) is 11.1 Å². The van der Waals surface area contributed by atoms with Crippen LogP contribution in [0.25, 0.3) is 38.4 Å². The summed E-state index contributed by atoms with van der Waals surface area (Å²) in [7, 11) is 0. The van der Waals surface area contributed by atoms with Gasteiger partial charge in [0.1, 0.15) is 0 Å². The van der Waals surface area contributed by atoms with Crippen molar-refractivity contribution in [2.75, 3.05) is 0 Å². The van der Waals surface area contributed by atoms with Gasteiger partial charge < -0.3 is 5.73 Å². The van der Waals surface area contributed by atoms with Gasteiger partial charge >= 0.3 is 0 Å². The number of aryl methyl sites for hydroxylation is 1. The molecule has 0 amide bonds. The molecule has 4 aromatic carbocycles. The van der Waals surface area contributed by atoms with Crippen LogP contribution in [0.5, 0.6) is 0 Å². The summed E-state index contributed by atoms with van der Waals surface area (Å²) < 4.78 is 0. The van der Waals surface area contributed by atoms with E-state index in [9.17, 15) is 0 Å². The fourth-order valence-corrected chi connectivity index (χ4v) is 3.25. The molecule has 0 aliphatic heterocycles. The Kier molecular flexibility index (Phi) is 4.76. The summed E-state index contributed by atoms with van der Waals surface area (Å²) in [6.07, 6.45) is 0. The molecule has 0 unspecified atom stereocenters. The van der Waals surface area contributed by atoms with Gasteiger partial charge in [0.05, 0.1) is 0 Å². The molecular weight excluding hydrogens is 493 g/mol. The Morgan fingerprint density at radius 2 is 1.13 bits per heavy atom. The largest absolute Gasteiger partial charge is 0.698 e. The quantitative estimate of drug-likeness (QED) is 0.274. The summed E-state index contributed by atoms with van der Waals surface area (Å²) in [6.45, 7) is 2.13. The summed E-state index contributed by atoms with van der Waals surface area (Å²) in [5, 5.41) is 4.76. The number of hydrogen-bond acceptors (Lipinski definition) is 0. The Labute approximate surface area is 172 Å². The molecule has 0 bridgehead atoms. The molecule has 23 heavy (non-hydrogen) atoms. The van der Waals surface area contributed by atoms with Gasteiger partial charge in [0.15, 0.2) is 0 Å². The fraction of sp³-hybridized carbons (Fsp3) is 0.0476. The van der Waals surface area contributed by atoms with E-state index in [2.05, 4.69) is 55.5 Å². The minimum atomic E-state index is 0. The van der Waals surface area contributed by atoms with Crippen molar-refractivity contribution in [2.45, 2.75) is 6.92 Å². The van der Waals surface area contributed by atoms with Crippen molar-refractivity contribution in [1.29, 1.82) is 0 Å². The van der Waals surface area contributed by atoms with Crippen molar-refractivity contribution < 1.29 is 44.1 Å². The minimum absolute atomic E-state index is 0. The van der Waals surface area contributed by atoms with E-state index >= 15 is 0 Å². The van der Waals surface area contributed by atoms with Gasteiger partial charge in [-0.25, -0.2) is 0 Å². The Morgan fingerprint density at radius 3 is 1.78 bits per heavy atom. The molecule has 0 atom stereocenters. The maximum absolute atomic E-state index is 8.46. The van der Waals surface area contributed by atoms with Gasteiger partial charge in [-0.15, -0.1) is 5.69 Å². The second-order valence-electron chi connectivity index (χ2n) is 5.69. The van der Waals surface area contributed by atoms with Crippen molar-refractivity contribution in [1.82, 2.24) is 0 Å². The summed E-state index contributed by atoms with van der Waals surface area (Å²) in [5.74, 6) is 0. The van der Waals surface area contributed by atoms with Gasteiger partial charge in [-0.1, -0.05) is 72.8 Å². The van der Waals surface area contributed by atoms with E-state index in [1.54, 1.807) is 0 Å². The van der Waals surface area contributed by atoms with Crippen LogP contribution in [0.15, 0.2) is 72.8 Å². The molecule has 2 heteroatoms. The van der Waals surface area contributed by atoms with Crippen LogP contribution in [0.1, 0.15) is 5.56 Å². The molecule has 0 aromatic heterocycles. The van der Waals surface area contributed by atoms with Crippen LogP contribution in [-0.2, 0) is 0 Å². The normalized spacial score (nSPS) is 10.7. The second-order valence-corrected chi connectivity index (χ2v) is 5.69. The van der Waals surface area contributed by atoms with Crippen LogP contribution in [0.4, 0.5) is 5.69 Å². The van der Waals surface area contributed by atoms with Gasteiger partial charge in [0, 0.05) is 44.1 Å². The Balaban J connectivity index is 0.00000156. The fourth-order valence-electron chi connectivity index (χ4n) is 3.25. The van der Waals surface area contributed by atoms with Crippen molar-refractivity contribution >= 4 is 27.2 Å². The Bertz CT molecular complexity index is 922. The molecule has 1 radical (unpaired) electrons. The predicted octanol–water partition coefficient (Wildman–Crippen LogP) is 6.65. The number of benzene rings is 4. The Morgan fingerprint density at radius 1 is 0.609 bits per heavy atom. The van der Waals surface area contributed by atoms with E-state index in [0.29, 0.717) is 5.69 Å². The van der Waals surface area contributed by atoms with Crippen LogP contribution in [0.2, 0.25) is 0 Å². The van der Waals surface area contributed by atoms with Crippen molar-refractivity contribution in [3.63, 3.8) is 0 Å². The monoisotopic (exact) mass is 509 g/mol. The summed E-state index contributed by atoms with van der Waals surface area (Å²) in [6, 6.07) is 25.0. The van der Waals surface area contributed by atoms with Crippen LogP contribution >= 0.6 is 0 Å². The first-order valence-electron chi connectivity index (χ1n) is 7.48. The average Bonchev–Trinajstić information content (AvgIpc) is 2.56. The van der Waals surface area contributed by atoms with E-state index in [-0.39, 0.29) is 44.1 Å². The smallest absolute Gasteiger partial charge is 0 e. The van der Waals surface area contributed by atoms with Crippen LogP contribution < -0.4 is 0 Å². The number of fused-ring (bicyclic) bond motifs is 2. The third kappa shape index (κ3) is 2.80. The molecule has 0 aliphatic rings. The van der Waals surface area contributed by atoms with Crippen molar-refractivity contribution in [2.24, 2.45) is 0 Å². The molecule has 0 saturated carbocycles. The molecule has 0 spiro atoms. The molecule has 4 aromatic rings. The van der Waals surface area contributed by atoms with Gasteiger partial charge in [-0.05, 0) is 45.2 Å². The number of nitrogens with one attached hydrogen (secondary N) is 1. The van der Waals surface area contributed by atoms with E-state index in [4.69, 9.17) is 5.73 Å². The van der Waals surface area contributed by atoms with E-state index in [0.717, 1.165) is 10.9 Å².